The van der Waals surface area contributed by atoms with E-state index in [4.69, 9.17) is 0 Å². The molecule has 0 amide bonds. The van der Waals surface area contributed by atoms with Crippen molar-refractivity contribution in [2.24, 2.45) is 17.3 Å². The van der Waals surface area contributed by atoms with Crippen LogP contribution < -0.4 is 0 Å². The lowest BCUT2D eigenvalue weighted by atomic mass is 9.65. The van der Waals surface area contributed by atoms with Crippen molar-refractivity contribution in [2.45, 2.75) is 53.4 Å². The summed E-state index contributed by atoms with van der Waals surface area (Å²) in [5.41, 5.74) is 0.417. The average Bonchev–Trinajstić information content (AvgIpc) is 2.03. The molecule has 0 aromatic rings. The number of rotatable bonds is 2. The zero-order valence-corrected chi connectivity index (χ0v) is 9.39. The van der Waals surface area contributed by atoms with E-state index in [1.165, 1.54) is 6.42 Å². The summed E-state index contributed by atoms with van der Waals surface area (Å²) in [5.74, 6) is 1.81. The number of carbonyl (C=O) groups excluding carboxylic acids is 1. The molecule has 0 aromatic carbocycles. The second-order valence-electron chi connectivity index (χ2n) is 5.21. The molecule has 2 atom stereocenters. The number of carbonyl (C=O) groups is 1. The molecule has 1 rings (SSSR count). The second-order valence-corrected chi connectivity index (χ2v) is 5.21. The van der Waals surface area contributed by atoms with E-state index in [9.17, 15) is 4.79 Å². The molecular formula is C12H22O. The highest BCUT2D eigenvalue weighted by molar-refractivity contribution is 5.79. The summed E-state index contributed by atoms with van der Waals surface area (Å²) >= 11 is 0. The summed E-state index contributed by atoms with van der Waals surface area (Å²) in [6.45, 7) is 9.16. The van der Waals surface area contributed by atoms with Crippen molar-refractivity contribution in [3.63, 3.8) is 0 Å². The topological polar surface area (TPSA) is 17.1 Å². The molecule has 0 radical (unpaired) electrons. The molecule has 76 valence electrons. The van der Waals surface area contributed by atoms with E-state index in [2.05, 4.69) is 27.7 Å². The molecule has 1 heteroatoms. The van der Waals surface area contributed by atoms with Gasteiger partial charge in [0, 0.05) is 12.8 Å². The first-order chi connectivity index (χ1) is 5.97. The van der Waals surface area contributed by atoms with Gasteiger partial charge in [-0.3, -0.25) is 4.79 Å². The Morgan fingerprint density at radius 3 is 2.54 bits per heavy atom. The fourth-order valence-electron chi connectivity index (χ4n) is 2.63. The lowest BCUT2D eigenvalue weighted by Crippen LogP contribution is -2.34. The van der Waals surface area contributed by atoms with E-state index in [1.807, 2.05) is 0 Å². The summed E-state index contributed by atoms with van der Waals surface area (Å²) in [7, 11) is 0. The highest BCUT2D eigenvalue weighted by Crippen LogP contribution is 2.42. The van der Waals surface area contributed by atoms with Gasteiger partial charge in [-0.25, -0.2) is 0 Å². The monoisotopic (exact) mass is 182 g/mol. The molecule has 0 heterocycles. The van der Waals surface area contributed by atoms with Gasteiger partial charge in [0.15, 0.2) is 0 Å². The van der Waals surface area contributed by atoms with Crippen LogP contribution in [0, 0.1) is 17.3 Å². The highest BCUT2D eigenvalue weighted by Gasteiger charge is 2.35. The molecule has 0 N–H and O–H groups in total. The molecule has 0 bridgehead atoms. The van der Waals surface area contributed by atoms with Crippen molar-refractivity contribution in [1.29, 1.82) is 0 Å². The Balaban J connectivity index is 2.65. The van der Waals surface area contributed by atoms with Crippen LogP contribution in [0.15, 0.2) is 0 Å². The minimum atomic E-state index is 0.417. The van der Waals surface area contributed by atoms with Crippen molar-refractivity contribution in [3.05, 3.63) is 0 Å². The summed E-state index contributed by atoms with van der Waals surface area (Å²) in [5, 5.41) is 0. The van der Waals surface area contributed by atoms with Crippen molar-refractivity contribution in [2.75, 3.05) is 0 Å². The van der Waals surface area contributed by atoms with Crippen molar-refractivity contribution < 1.29 is 4.79 Å². The van der Waals surface area contributed by atoms with Crippen LogP contribution in [-0.4, -0.2) is 5.78 Å². The minimum absolute atomic E-state index is 0.417. The van der Waals surface area contributed by atoms with Crippen molar-refractivity contribution >= 4 is 5.78 Å². The average molecular weight is 182 g/mol. The minimum Gasteiger partial charge on any atom is -0.300 e. The molecule has 1 aliphatic rings. The van der Waals surface area contributed by atoms with Gasteiger partial charge in [-0.05, 0) is 23.7 Å². The maximum absolute atomic E-state index is 11.2. The standard InChI is InChI=1S/C12H22O/c1-5-12(3,4)11-7-6-10(13)8-9(11)2/h9,11H,5-8H2,1-4H3. The normalized spacial score (nSPS) is 30.6. The Hall–Kier alpha value is -0.330. The highest BCUT2D eigenvalue weighted by atomic mass is 16.1. The summed E-state index contributed by atoms with van der Waals surface area (Å²) in [4.78, 5) is 11.2. The number of hydrogen-bond acceptors (Lipinski definition) is 1. The summed E-state index contributed by atoms with van der Waals surface area (Å²) < 4.78 is 0. The third kappa shape index (κ3) is 2.32. The molecule has 1 fully saturated rings. The SMILES string of the molecule is CCC(C)(C)C1CCC(=O)CC1C. The first-order valence-electron chi connectivity index (χ1n) is 5.49. The van der Waals surface area contributed by atoms with Gasteiger partial charge in [0.05, 0.1) is 0 Å². The maximum Gasteiger partial charge on any atom is 0.133 e. The number of Topliss-reactive ketones (excluding diaryl/α,β-unsaturated/α-hetero) is 1. The van der Waals surface area contributed by atoms with Crippen LogP contribution in [0.2, 0.25) is 0 Å². The van der Waals surface area contributed by atoms with Gasteiger partial charge < -0.3 is 0 Å². The molecule has 13 heavy (non-hydrogen) atoms. The molecule has 2 unspecified atom stereocenters. The third-order valence-corrected chi connectivity index (χ3v) is 3.89. The van der Waals surface area contributed by atoms with Gasteiger partial charge in [0.25, 0.3) is 0 Å². The molecule has 0 aromatic heterocycles. The quantitative estimate of drug-likeness (QED) is 0.639. The van der Waals surface area contributed by atoms with E-state index in [0.717, 1.165) is 25.2 Å². The largest absolute Gasteiger partial charge is 0.300 e. The smallest absolute Gasteiger partial charge is 0.133 e. The fraction of sp³-hybridized carbons (Fsp3) is 0.917. The maximum atomic E-state index is 11.2. The predicted octanol–water partition coefficient (Wildman–Crippen LogP) is 3.43. The van der Waals surface area contributed by atoms with Crippen LogP contribution in [0.4, 0.5) is 0 Å². The molecular weight excluding hydrogens is 160 g/mol. The van der Waals surface area contributed by atoms with Crippen LogP contribution in [0.25, 0.3) is 0 Å². The second kappa shape index (κ2) is 3.81. The van der Waals surface area contributed by atoms with E-state index in [-0.39, 0.29) is 0 Å². The Kier molecular flexibility index (Phi) is 3.15. The Morgan fingerprint density at radius 2 is 2.08 bits per heavy atom. The van der Waals surface area contributed by atoms with Crippen LogP contribution in [0.1, 0.15) is 53.4 Å². The van der Waals surface area contributed by atoms with Gasteiger partial charge >= 0.3 is 0 Å². The van der Waals surface area contributed by atoms with Crippen LogP contribution in [0.5, 0.6) is 0 Å². The van der Waals surface area contributed by atoms with Gasteiger partial charge in [0.1, 0.15) is 5.78 Å². The Bertz CT molecular complexity index is 193. The zero-order valence-electron chi connectivity index (χ0n) is 9.39. The molecule has 1 nitrogen and oxygen atoms in total. The van der Waals surface area contributed by atoms with E-state index in [0.29, 0.717) is 17.1 Å². The lowest BCUT2D eigenvalue weighted by molar-refractivity contribution is -0.123. The van der Waals surface area contributed by atoms with Crippen molar-refractivity contribution in [3.8, 4) is 0 Å². The van der Waals surface area contributed by atoms with Gasteiger partial charge in [0.2, 0.25) is 0 Å². The predicted molar refractivity (Wildman–Crippen MR) is 55.6 cm³/mol. The lowest BCUT2D eigenvalue weighted by Gasteiger charge is -2.40. The van der Waals surface area contributed by atoms with E-state index in [1.54, 1.807) is 0 Å². The van der Waals surface area contributed by atoms with Gasteiger partial charge in [-0.15, -0.1) is 0 Å². The molecule has 1 saturated carbocycles. The molecule has 0 spiro atoms. The first-order valence-corrected chi connectivity index (χ1v) is 5.49. The van der Waals surface area contributed by atoms with Gasteiger partial charge in [-0.1, -0.05) is 34.1 Å². The molecule has 0 aliphatic heterocycles. The Morgan fingerprint density at radius 1 is 1.46 bits per heavy atom. The summed E-state index contributed by atoms with van der Waals surface area (Å²) in [6, 6.07) is 0. The zero-order chi connectivity index (χ0) is 10.1. The fourth-order valence-corrected chi connectivity index (χ4v) is 2.63. The van der Waals surface area contributed by atoms with E-state index >= 15 is 0 Å². The van der Waals surface area contributed by atoms with Crippen LogP contribution in [0.3, 0.4) is 0 Å². The van der Waals surface area contributed by atoms with Gasteiger partial charge in [-0.2, -0.15) is 0 Å². The Labute approximate surface area is 81.9 Å². The summed E-state index contributed by atoms with van der Waals surface area (Å²) in [6.07, 6.45) is 3.96. The van der Waals surface area contributed by atoms with Crippen molar-refractivity contribution in [1.82, 2.24) is 0 Å². The molecule has 1 aliphatic carbocycles. The first kappa shape index (κ1) is 10.7. The van der Waals surface area contributed by atoms with Crippen LogP contribution >= 0.6 is 0 Å². The molecule has 0 saturated heterocycles. The third-order valence-electron chi connectivity index (χ3n) is 3.89. The number of ketones is 1. The number of hydrogen-bond donors (Lipinski definition) is 0. The van der Waals surface area contributed by atoms with E-state index < -0.39 is 0 Å². The van der Waals surface area contributed by atoms with Crippen LogP contribution in [-0.2, 0) is 4.79 Å².